The minimum absolute atomic E-state index is 0.0367. The first-order valence-electron chi connectivity index (χ1n) is 6.25. The number of phenolic OH excluding ortho intramolecular Hbond substituents is 4. The quantitative estimate of drug-likeness (QED) is 0.443. The molecule has 0 aliphatic carbocycles. The highest BCUT2D eigenvalue weighted by molar-refractivity contribution is 5.71. The van der Waals surface area contributed by atoms with Crippen LogP contribution in [0.25, 0.3) is 5.76 Å². The number of rotatable bonds is 1. The van der Waals surface area contributed by atoms with Crippen molar-refractivity contribution in [1.29, 1.82) is 0 Å². The third kappa shape index (κ3) is 2.04. The van der Waals surface area contributed by atoms with Crippen molar-refractivity contribution in [2.24, 2.45) is 0 Å². The predicted octanol–water partition coefficient (Wildman–Crippen LogP) is 1.86. The lowest BCUT2D eigenvalue weighted by Crippen LogP contribution is -2.15. The van der Waals surface area contributed by atoms with Gasteiger partial charge >= 0.3 is 0 Å². The maximum Gasteiger partial charge on any atom is 0.175 e. The largest absolute Gasteiger partial charge is 0.508 e. The van der Waals surface area contributed by atoms with E-state index >= 15 is 0 Å². The Morgan fingerprint density at radius 3 is 2.23 bits per heavy atom. The Morgan fingerprint density at radius 1 is 0.818 bits per heavy atom. The Labute approximate surface area is 124 Å². The molecule has 114 valence electrons. The molecule has 0 spiro atoms. The molecule has 6 N–H and O–H groups in total. The number of hydrogen-bond acceptors (Lipinski definition) is 7. The molecule has 2 aromatic rings. The van der Waals surface area contributed by atoms with E-state index in [1.54, 1.807) is 0 Å². The van der Waals surface area contributed by atoms with Crippen molar-refractivity contribution >= 4 is 5.76 Å². The van der Waals surface area contributed by atoms with Gasteiger partial charge in [0.2, 0.25) is 0 Å². The number of aromatic hydroxyl groups is 4. The molecule has 1 aliphatic rings. The fourth-order valence-corrected chi connectivity index (χ4v) is 2.25. The Morgan fingerprint density at radius 2 is 1.55 bits per heavy atom. The molecule has 0 saturated carbocycles. The Bertz CT molecular complexity index is 795. The summed E-state index contributed by atoms with van der Waals surface area (Å²) in [4.78, 5) is 0. The van der Waals surface area contributed by atoms with Crippen LogP contribution in [0, 0.1) is 0 Å². The highest BCUT2D eigenvalue weighted by Crippen LogP contribution is 2.46. The first-order chi connectivity index (χ1) is 10.4. The monoisotopic (exact) mass is 304 g/mol. The SMILES string of the molecule is OC1=C(c2ccc(O)c(O)c2)Oc2cc(O)cc(O)c2[C@@H]1O. The van der Waals surface area contributed by atoms with Crippen LogP contribution >= 0.6 is 0 Å². The molecule has 1 aliphatic heterocycles. The maximum atomic E-state index is 10.1. The number of fused-ring (bicyclic) bond motifs is 1. The average Bonchev–Trinajstić information content (AvgIpc) is 2.45. The highest BCUT2D eigenvalue weighted by Gasteiger charge is 2.32. The van der Waals surface area contributed by atoms with Gasteiger partial charge in [0.05, 0.1) is 5.56 Å². The van der Waals surface area contributed by atoms with Crippen molar-refractivity contribution in [3.05, 3.63) is 47.2 Å². The van der Waals surface area contributed by atoms with Crippen LogP contribution in [0.5, 0.6) is 28.7 Å². The molecule has 7 nitrogen and oxygen atoms in total. The fraction of sp³-hybridized carbons (Fsp3) is 0.0667. The average molecular weight is 304 g/mol. The molecular weight excluding hydrogens is 292 g/mol. The summed E-state index contributed by atoms with van der Waals surface area (Å²) in [6.45, 7) is 0. The Kier molecular flexibility index (Phi) is 3.00. The topological polar surface area (TPSA) is 131 Å². The van der Waals surface area contributed by atoms with Crippen molar-refractivity contribution in [3.8, 4) is 28.7 Å². The molecule has 7 heteroatoms. The van der Waals surface area contributed by atoms with Crippen molar-refractivity contribution in [1.82, 2.24) is 0 Å². The summed E-state index contributed by atoms with van der Waals surface area (Å²) in [7, 11) is 0. The molecule has 3 rings (SSSR count). The van der Waals surface area contributed by atoms with Crippen molar-refractivity contribution in [3.63, 3.8) is 0 Å². The van der Waals surface area contributed by atoms with Gasteiger partial charge in [-0.1, -0.05) is 0 Å². The van der Waals surface area contributed by atoms with E-state index in [1.165, 1.54) is 18.2 Å². The second-order valence-electron chi connectivity index (χ2n) is 4.80. The number of aliphatic hydroxyl groups is 2. The first-order valence-corrected chi connectivity index (χ1v) is 6.25. The molecule has 0 amide bonds. The molecular formula is C15H12O7. The molecule has 1 heterocycles. The molecule has 0 fully saturated rings. The zero-order valence-corrected chi connectivity index (χ0v) is 11.1. The van der Waals surface area contributed by atoms with Gasteiger partial charge in [-0.05, 0) is 18.2 Å². The zero-order valence-electron chi connectivity index (χ0n) is 11.1. The number of aliphatic hydroxyl groups excluding tert-OH is 2. The van der Waals surface area contributed by atoms with Gasteiger partial charge in [-0.25, -0.2) is 0 Å². The number of ether oxygens (including phenoxy) is 1. The van der Waals surface area contributed by atoms with Gasteiger partial charge in [0.1, 0.15) is 23.4 Å². The molecule has 0 saturated heterocycles. The number of hydrogen-bond donors (Lipinski definition) is 6. The molecule has 0 aromatic heterocycles. The van der Waals surface area contributed by atoms with E-state index in [4.69, 9.17) is 4.74 Å². The van der Waals surface area contributed by atoms with E-state index in [0.29, 0.717) is 0 Å². The summed E-state index contributed by atoms with van der Waals surface area (Å²) < 4.78 is 5.41. The standard InChI is InChI=1S/C15H12O7/c16-7-4-10(19)12-11(5-7)22-15(14(21)13(12)20)6-1-2-8(17)9(18)3-6/h1-5,13,16-21H/t13-/m0/s1. The van der Waals surface area contributed by atoms with Crippen molar-refractivity contribution in [2.75, 3.05) is 0 Å². The molecule has 0 unspecified atom stereocenters. The van der Waals surface area contributed by atoms with Crippen LogP contribution in [0.4, 0.5) is 0 Å². The van der Waals surface area contributed by atoms with E-state index in [-0.39, 0.29) is 34.1 Å². The smallest absolute Gasteiger partial charge is 0.175 e. The molecule has 2 aromatic carbocycles. The normalized spacial score (nSPS) is 17.0. The van der Waals surface area contributed by atoms with Crippen LogP contribution in [-0.4, -0.2) is 30.6 Å². The van der Waals surface area contributed by atoms with Gasteiger partial charge in [-0.2, -0.15) is 0 Å². The van der Waals surface area contributed by atoms with Gasteiger partial charge in [-0.15, -0.1) is 0 Å². The molecule has 0 bridgehead atoms. The van der Waals surface area contributed by atoms with Crippen LogP contribution in [-0.2, 0) is 0 Å². The van der Waals surface area contributed by atoms with Crippen LogP contribution in [0.15, 0.2) is 36.1 Å². The van der Waals surface area contributed by atoms with Gasteiger partial charge in [0, 0.05) is 17.7 Å². The summed E-state index contributed by atoms with van der Waals surface area (Å²) in [6.07, 6.45) is -1.56. The van der Waals surface area contributed by atoms with Gasteiger partial charge in [-0.3, -0.25) is 0 Å². The summed E-state index contributed by atoms with van der Waals surface area (Å²) in [5.74, 6) is -2.26. The van der Waals surface area contributed by atoms with Crippen LogP contribution in [0.1, 0.15) is 17.2 Å². The highest BCUT2D eigenvalue weighted by atomic mass is 16.5. The predicted molar refractivity (Wildman–Crippen MR) is 74.7 cm³/mol. The summed E-state index contributed by atoms with van der Waals surface area (Å²) in [5.41, 5.74) is 0.113. The fourth-order valence-electron chi connectivity index (χ4n) is 2.25. The van der Waals surface area contributed by atoms with Crippen LogP contribution < -0.4 is 4.74 Å². The van der Waals surface area contributed by atoms with Crippen molar-refractivity contribution < 1.29 is 35.4 Å². The van der Waals surface area contributed by atoms with Gasteiger partial charge in [0.25, 0.3) is 0 Å². The molecule has 22 heavy (non-hydrogen) atoms. The maximum absolute atomic E-state index is 10.1. The number of phenols is 4. The van der Waals surface area contributed by atoms with Gasteiger partial charge < -0.3 is 35.4 Å². The second kappa shape index (κ2) is 4.74. The molecule has 0 radical (unpaired) electrons. The van der Waals surface area contributed by atoms with Crippen molar-refractivity contribution in [2.45, 2.75) is 6.10 Å². The summed E-state index contributed by atoms with van der Waals surface area (Å²) >= 11 is 0. The number of benzene rings is 2. The van der Waals surface area contributed by atoms with E-state index < -0.39 is 23.4 Å². The third-order valence-corrected chi connectivity index (χ3v) is 3.32. The lowest BCUT2D eigenvalue weighted by molar-refractivity contribution is 0.138. The van der Waals surface area contributed by atoms with Gasteiger partial charge in [0.15, 0.2) is 23.0 Å². The zero-order chi connectivity index (χ0) is 16.0. The minimum Gasteiger partial charge on any atom is -0.508 e. The van der Waals surface area contributed by atoms with Crippen LogP contribution in [0.3, 0.4) is 0 Å². The lowest BCUT2D eigenvalue weighted by Gasteiger charge is -2.25. The molecule has 1 atom stereocenters. The van der Waals surface area contributed by atoms with E-state index in [9.17, 15) is 30.6 Å². The first kappa shape index (κ1) is 13.9. The minimum atomic E-state index is -1.56. The van der Waals surface area contributed by atoms with E-state index in [1.807, 2.05) is 0 Å². The Hall–Kier alpha value is -3.06. The summed E-state index contributed by atoms with van der Waals surface area (Å²) in [5, 5.41) is 58.3. The van der Waals surface area contributed by atoms with Crippen LogP contribution in [0.2, 0.25) is 0 Å². The Balaban J connectivity index is 2.14. The second-order valence-corrected chi connectivity index (χ2v) is 4.80. The van der Waals surface area contributed by atoms with E-state index in [2.05, 4.69) is 0 Å². The lowest BCUT2D eigenvalue weighted by atomic mass is 9.99. The third-order valence-electron chi connectivity index (χ3n) is 3.32. The van der Waals surface area contributed by atoms with E-state index in [0.717, 1.165) is 12.1 Å². The summed E-state index contributed by atoms with van der Waals surface area (Å²) in [6, 6.07) is 5.87.